The number of ether oxygens (including phenoxy) is 2. The number of benzene rings is 1. The van der Waals surface area contributed by atoms with Gasteiger partial charge in [-0.05, 0) is 44.5 Å². The van der Waals surface area contributed by atoms with Crippen molar-refractivity contribution in [3.8, 4) is 11.5 Å². The zero-order valence-electron chi connectivity index (χ0n) is 12.7. The van der Waals surface area contributed by atoms with Gasteiger partial charge in [-0.2, -0.15) is 0 Å². The maximum absolute atomic E-state index is 12.6. The van der Waals surface area contributed by atoms with Crippen LogP contribution in [0.1, 0.15) is 12.8 Å². The van der Waals surface area contributed by atoms with Gasteiger partial charge in [0.2, 0.25) is 6.79 Å². The Kier molecular flexibility index (Phi) is 3.33. The minimum Gasteiger partial charge on any atom is -0.454 e. The van der Waals surface area contributed by atoms with Crippen LogP contribution in [0.4, 0.5) is 10.5 Å². The lowest BCUT2D eigenvalue weighted by atomic mass is 9.92. The Balaban J connectivity index is 1.46. The third-order valence-electron chi connectivity index (χ3n) is 4.95. The Morgan fingerprint density at radius 1 is 1.23 bits per heavy atom. The van der Waals surface area contributed by atoms with Crippen molar-refractivity contribution in [2.45, 2.75) is 18.9 Å². The molecular formula is C16H21N3O3. The Labute approximate surface area is 130 Å². The van der Waals surface area contributed by atoms with Crippen LogP contribution in [-0.4, -0.2) is 55.3 Å². The van der Waals surface area contributed by atoms with Crippen LogP contribution in [0.3, 0.4) is 0 Å². The van der Waals surface area contributed by atoms with E-state index < -0.39 is 0 Å². The van der Waals surface area contributed by atoms with E-state index in [0.29, 0.717) is 17.7 Å². The van der Waals surface area contributed by atoms with E-state index in [1.54, 1.807) is 0 Å². The fourth-order valence-corrected chi connectivity index (χ4v) is 3.72. The molecule has 0 aliphatic carbocycles. The van der Waals surface area contributed by atoms with Gasteiger partial charge in [0.25, 0.3) is 0 Å². The summed E-state index contributed by atoms with van der Waals surface area (Å²) >= 11 is 0. The molecule has 2 atom stereocenters. The molecule has 2 fully saturated rings. The van der Waals surface area contributed by atoms with Gasteiger partial charge in [-0.1, -0.05) is 0 Å². The number of anilines is 1. The van der Waals surface area contributed by atoms with Gasteiger partial charge in [0, 0.05) is 30.9 Å². The highest BCUT2D eigenvalue weighted by Crippen LogP contribution is 2.35. The lowest BCUT2D eigenvalue weighted by Crippen LogP contribution is -2.49. The second-order valence-corrected chi connectivity index (χ2v) is 6.36. The molecule has 0 bridgehead atoms. The standard InChI is InChI=1S/C16H21N3O3/c1-18-6-4-11-5-7-19(13(11)9-18)16(20)17-12-2-3-14-15(8-12)22-10-21-14/h2-3,8,11,13H,4-7,9-10H2,1H3,(H,17,20)/t11-,13+/m1/s1. The Morgan fingerprint density at radius 2 is 2.05 bits per heavy atom. The first-order valence-corrected chi connectivity index (χ1v) is 7.86. The van der Waals surface area contributed by atoms with Crippen molar-refractivity contribution in [1.82, 2.24) is 9.80 Å². The number of hydrogen-bond donors (Lipinski definition) is 1. The molecule has 6 nitrogen and oxygen atoms in total. The topological polar surface area (TPSA) is 54.0 Å². The maximum Gasteiger partial charge on any atom is 0.322 e. The normalized spacial score (nSPS) is 26.9. The van der Waals surface area contributed by atoms with Crippen LogP contribution in [0.5, 0.6) is 11.5 Å². The molecule has 0 aromatic heterocycles. The van der Waals surface area contributed by atoms with E-state index in [-0.39, 0.29) is 12.8 Å². The molecule has 3 aliphatic heterocycles. The minimum absolute atomic E-state index is 0.0123. The number of likely N-dealkylation sites (tertiary alicyclic amines) is 2. The van der Waals surface area contributed by atoms with Crippen molar-refractivity contribution in [1.29, 1.82) is 0 Å². The lowest BCUT2D eigenvalue weighted by Gasteiger charge is -2.36. The predicted molar refractivity (Wildman–Crippen MR) is 82.3 cm³/mol. The van der Waals surface area contributed by atoms with Gasteiger partial charge < -0.3 is 24.6 Å². The highest BCUT2D eigenvalue weighted by Gasteiger charge is 2.39. The number of piperidine rings is 1. The quantitative estimate of drug-likeness (QED) is 0.862. The zero-order valence-corrected chi connectivity index (χ0v) is 12.7. The largest absolute Gasteiger partial charge is 0.454 e. The Morgan fingerprint density at radius 3 is 2.95 bits per heavy atom. The summed E-state index contributed by atoms with van der Waals surface area (Å²) in [5, 5.41) is 2.99. The van der Waals surface area contributed by atoms with E-state index in [0.717, 1.165) is 37.5 Å². The summed E-state index contributed by atoms with van der Waals surface area (Å²) in [6, 6.07) is 5.83. The molecule has 1 aromatic rings. The second kappa shape index (κ2) is 5.35. The highest BCUT2D eigenvalue weighted by atomic mass is 16.7. The second-order valence-electron chi connectivity index (χ2n) is 6.36. The molecular weight excluding hydrogens is 282 g/mol. The number of urea groups is 1. The van der Waals surface area contributed by atoms with Gasteiger partial charge in [0.1, 0.15) is 0 Å². The van der Waals surface area contributed by atoms with Gasteiger partial charge in [-0.25, -0.2) is 4.79 Å². The molecule has 1 aromatic carbocycles. The van der Waals surface area contributed by atoms with Gasteiger partial charge in [-0.3, -0.25) is 0 Å². The first kappa shape index (κ1) is 13.7. The smallest absolute Gasteiger partial charge is 0.322 e. The van der Waals surface area contributed by atoms with Crippen molar-refractivity contribution in [2.75, 3.05) is 38.8 Å². The summed E-state index contributed by atoms with van der Waals surface area (Å²) < 4.78 is 10.6. The first-order valence-electron chi connectivity index (χ1n) is 7.86. The van der Waals surface area contributed by atoms with Gasteiger partial charge >= 0.3 is 6.03 Å². The molecule has 4 rings (SSSR count). The summed E-state index contributed by atoms with van der Waals surface area (Å²) in [4.78, 5) is 16.9. The van der Waals surface area contributed by atoms with Crippen LogP contribution < -0.4 is 14.8 Å². The number of carbonyl (C=O) groups excluding carboxylic acids is 1. The first-order chi connectivity index (χ1) is 10.7. The van der Waals surface area contributed by atoms with E-state index in [1.807, 2.05) is 23.1 Å². The summed E-state index contributed by atoms with van der Waals surface area (Å²) in [6.07, 6.45) is 2.31. The van der Waals surface area contributed by atoms with Crippen molar-refractivity contribution in [3.05, 3.63) is 18.2 Å². The number of likely N-dealkylation sites (N-methyl/N-ethyl adjacent to an activating group) is 1. The van der Waals surface area contributed by atoms with Gasteiger partial charge in [0.05, 0.1) is 0 Å². The fraction of sp³-hybridized carbons (Fsp3) is 0.562. The monoisotopic (exact) mass is 303 g/mol. The van der Waals surface area contributed by atoms with E-state index >= 15 is 0 Å². The van der Waals surface area contributed by atoms with Gasteiger partial charge in [-0.15, -0.1) is 0 Å². The average molecular weight is 303 g/mol. The molecule has 0 spiro atoms. The summed E-state index contributed by atoms with van der Waals surface area (Å²) in [5.41, 5.74) is 0.752. The summed E-state index contributed by atoms with van der Waals surface area (Å²) in [5.74, 6) is 2.07. The number of nitrogens with zero attached hydrogens (tertiary/aromatic N) is 2. The molecule has 0 unspecified atom stereocenters. The fourth-order valence-electron chi connectivity index (χ4n) is 3.72. The van der Waals surface area contributed by atoms with Crippen molar-refractivity contribution < 1.29 is 14.3 Å². The molecule has 3 aliphatic rings. The predicted octanol–water partition coefficient (Wildman–Crippen LogP) is 1.97. The highest BCUT2D eigenvalue weighted by molar-refractivity contribution is 5.90. The van der Waals surface area contributed by atoms with Crippen molar-refractivity contribution in [3.63, 3.8) is 0 Å². The molecule has 1 N–H and O–H groups in total. The lowest BCUT2D eigenvalue weighted by molar-refractivity contribution is 0.137. The molecule has 0 saturated carbocycles. The number of hydrogen-bond acceptors (Lipinski definition) is 4. The van der Waals surface area contributed by atoms with Crippen molar-refractivity contribution >= 4 is 11.7 Å². The van der Waals surface area contributed by atoms with Gasteiger partial charge in [0.15, 0.2) is 11.5 Å². The van der Waals surface area contributed by atoms with Crippen LogP contribution in [0.2, 0.25) is 0 Å². The van der Waals surface area contributed by atoms with Crippen LogP contribution >= 0.6 is 0 Å². The molecule has 0 radical (unpaired) electrons. The number of amides is 2. The Bertz CT molecular complexity index is 592. The summed E-state index contributed by atoms with van der Waals surface area (Å²) in [6.45, 7) is 3.20. The number of rotatable bonds is 1. The Hall–Kier alpha value is -1.95. The molecule has 6 heteroatoms. The molecule has 22 heavy (non-hydrogen) atoms. The number of nitrogens with one attached hydrogen (secondary N) is 1. The molecule has 118 valence electrons. The SMILES string of the molecule is CN1CC[C@@H]2CCN(C(=O)Nc3ccc4c(c3)OCO4)[C@H]2C1. The van der Waals surface area contributed by atoms with E-state index in [9.17, 15) is 4.79 Å². The third-order valence-corrected chi connectivity index (χ3v) is 4.95. The van der Waals surface area contributed by atoms with E-state index in [1.165, 1.54) is 6.42 Å². The molecule has 3 heterocycles. The minimum atomic E-state index is -0.0123. The number of carbonyl (C=O) groups is 1. The van der Waals surface area contributed by atoms with Crippen molar-refractivity contribution in [2.24, 2.45) is 5.92 Å². The van der Waals surface area contributed by atoms with E-state index in [4.69, 9.17) is 9.47 Å². The van der Waals surface area contributed by atoms with Crippen LogP contribution in [0, 0.1) is 5.92 Å². The summed E-state index contributed by atoms with van der Waals surface area (Å²) in [7, 11) is 2.13. The van der Waals surface area contributed by atoms with E-state index in [2.05, 4.69) is 17.3 Å². The van der Waals surface area contributed by atoms with Crippen LogP contribution in [-0.2, 0) is 0 Å². The molecule has 2 amide bonds. The maximum atomic E-state index is 12.6. The average Bonchev–Trinajstić information content (AvgIpc) is 3.12. The van der Waals surface area contributed by atoms with Crippen LogP contribution in [0.15, 0.2) is 18.2 Å². The number of fused-ring (bicyclic) bond motifs is 2. The third kappa shape index (κ3) is 2.37. The zero-order chi connectivity index (χ0) is 15.1. The molecule has 2 saturated heterocycles. The van der Waals surface area contributed by atoms with Crippen LogP contribution in [0.25, 0.3) is 0 Å².